The number of pyridine rings is 1. The molecule has 1 saturated carbocycles. The Bertz CT molecular complexity index is 387. The molecule has 1 N–H and O–H groups in total. The summed E-state index contributed by atoms with van der Waals surface area (Å²) in [6.07, 6.45) is 4.48. The van der Waals surface area contributed by atoms with Gasteiger partial charge in [0.15, 0.2) is 0 Å². The predicted molar refractivity (Wildman–Crippen MR) is 81.5 cm³/mol. The molecule has 1 aliphatic rings. The second-order valence-electron chi connectivity index (χ2n) is 5.81. The summed E-state index contributed by atoms with van der Waals surface area (Å²) >= 11 is 0. The summed E-state index contributed by atoms with van der Waals surface area (Å²) in [5.74, 6) is 1.79. The zero-order chi connectivity index (χ0) is 13.8. The maximum absolute atomic E-state index is 4.63. The van der Waals surface area contributed by atoms with Gasteiger partial charge in [0.05, 0.1) is 17.6 Å². The van der Waals surface area contributed by atoms with Crippen molar-refractivity contribution in [3.8, 4) is 0 Å². The van der Waals surface area contributed by atoms with Gasteiger partial charge in [0.25, 0.3) is 0 Å². The van der Waals surface area contributed by atoms with Crippen LogP contribution in [0.4, 0.5) is 5.69 Å². The lowest BCUT2D eigenvalue weighted by molar-refractivity contribution is 0.525. The van der Waals surface area contributed by atoms with Gasteiger partial charge in [-0.05, 0) is 43.4 Å². The fraction of sp³-hybridized carbons (Fsp3) is 0.688. The van der Waals surface area contributed by atoms with E-state index in [0.717, 1.165) is 37.0 Å². The number of hydrogen-bond donors (Lipinski definition) is 1. The van der Waals surface area contributed by atoms with Crippen LogP contribution in [0, 0.1) is 11.8 Å². The summed E-state index contributed by atoms with van der Waals surface area (Å²) in [4.78, 5) is 6.96. The summed E-state index contributed by atoms with van der Waals surface area (Å²) < 4.78 is 0. The molecule has 2 rings (SSSR count). The first-order valence-electron chi connectivity index (χ1n) is 7.56. The van der Waals surface area contributed by atoms with Crippen LogP contribution in [0.5, 0.6) is 0 Å². The molecule has 0 aliphatic heterocycles. The lowest BCUT2D eigenvalue weighted by Crippen LogP contribution is -2.23. The largest absolute Gasteiger partial charge is 0.373 e. The summed E-state index contributed by atoms with van der Waals surface area (Å²) in [6.45, 7) is 8.82. The van der Waals surface area contributed by atoms with Gasteiger partial charge in [-0.2, -0.15) is 0 Å². The van der Waals surface area contributed by atoms with Crippen LogP contribution in [0.3, 0.4) is 0 Å². The number of nitrogens with zero attached hydrogens (tertiary/aromatic N) is 2. The van der Waals surface area contributed by atoms with Crippen LogP contribution in [-0.2, 0) is 0 Å². The second kappa shape index (κ2) is 6.38. The molecule has 0 radical (unpaired) electrons. The molecule has 0 saturated heterocycles. The van der Waals surface area contributed by atoms with Gasteiger partial charge >= 0.3 is 0 Å². The van der Waals surface area contributed by atoms with E-state index in [1.165, 1.54) is 12.1 Å². The van der Waals surface area contributed by atoms with Crippen LogP contribution >= 0.6 is 0 Å². The molecule has 1 heterocycles. The molecule has 106 valence electrons. The summed E-state index contributed by atoms with van der Waals surface area (Å²) in [7, 11) is 2.17. The summed E-state index contributed by atoms with van der Waals surface area (Å²) in [5.41, 5.74) is 2.38. The van der Waals surface area contributed by atoms with Gasteiger partial charge in [-0.1, -0.05) is 20.8 Å². The fourth-order valence-electron chi connectivity index (χ4n) is 2.64. The molecule has 1 aliphatic carbocycles. The lowest BCUT2D eigenvalue weighted by atomic mass is 10.1. The van der Waals surface area contributed by atoms with E-state index in [0.29, 0.717) is 6.04 Å². The molecule has 3 atom stereocenters. The molecule has 3 nitrogen and oxygen atoms in total. The molecular weight excluding hydrogens is 234 g/mol. The average Bonchev–Trinajstić information content (AvgIpc) is 3.11. The van der Waals surface area contributed by atoms with Crippen molar-refractivity contribution in [1.82, 2.24) is 10.3 Å². The van der Waals surface area contributed by atoms with Gasteiger partial charge in [0.2, 0.25) is 0 Å². The van der Waals surface area contributed by atoms with Crippen LogP contribution in [0.2, 0.25) is 0 Å². The van der Waals surface area contributed by atoms with Crippen molar-refractivity contribution in [2.75, 3.05) is 25.0 Å². The Kier molecular flexibility index (Phi) is 4.81. The zero-order valence-corrected chi connectivity index (χ0v) is 12.7. The van der Waals surface area contributed by atoms with Gasteiger partial charge < -0.3 is 10.2 Å². The van der Waals surface area contributed by atoms with Gasteiger partial charge in [-0.15, -0.1) is 0 Å². The standard InChI is InChI=1S/C16H27N3/c1-5-15(17-6-2)16-8-7-14(10-18-16)19(4)11-13-9-12(13)3/h7-8,10,12-13,15,17H,5-6,9,11H2,1-4H3. The molecule has 1 aromatic rings. The Morgan fingerprint density at radius 1 is 1.42 bits per heavy atom. The molecule has 3 heteroatoms. The molecular formula is C16H27N3. The number of aromatic nitrogens is 1. The Morgan fingerprint density at radius 3 is 2.63 bits per heavy atom. The molecule has 0 bridgehead atoms. The van der Waals surface area contributed by atoms with Crippen molar-refractivity contribution >= 4 is 5.69 Å². The Balaban J connectivity index is 1.96. The average molecular weight is 261 g/mol. The molecule has 0 aromatic carbocycles. The minimum atomic E-state index is 0.382. The van der Waals surface area contributed by atoms with E-state index in [9.17, 15) is 0 Å². The van der Waals surface area contributed by atoms with Crippen LogP contribution in [0.1, 0.15) is 45.3 Å². The monoisotopic (exact) mass is 261 g/mol. The Hall–Kier alpha value is -1.09. The van der Waals surface area contributed by atoms with Crippen molar-refractivity contribution in [2.45, 2.75) is 39.7 Å². The minimum absolute atomic E-state index is 0.382. The first-order valence-corrected chi connectivity index (χ1v) is 7.56. The van der Waals surface area contributed by atoms with Crippen LogP contribution < -0.4 is 10.2 Å². The number of rotatable bonds is 7. The third kappa shape index (κ3) is 3.69. The van der Waals surface area contributed by atoms with E-state index in [1.807, 2.05) is 6.20 Å². The maximum Gasteiger partial charge on any atom is 0.0574 e. The van der Waals surface area contributed by atoms with Crippen molar-refractivity contribution in [1.29, 1.82) is 0 Å². The molecule has 1 aromatic heterocycles. The minimum Gasteiger partial charge on any atom is -0.373 e. The fourth-order valence-corrected chi connectivity index (χ4v) is 2.64. The van der Waals surface area contributed by atoms with E-state index in [4.69, 9.17) is 0 Å². The first kappa shape index (κ1) is 14.3. The maximum atomic E-state index is 4.63. The van der Waals surface area contributed by atoms with Crippen LogP contribution in [0.25, 0.3) is 0 Å². The third-order valence-electron chi connectivity index (χ3n) is 4.21. The normalized spacial score (nSPS) is 23.2. The Labute approximate surface area is 117 Å². The lowest BCUT2D eigenvalue weighted by Gasteiger charge is -2.20. The van der Waals surface area contributed by atoms with E-state index in [2.05, 4.69) is 55.2 Å². The second-order valence-corrected chi connectivity index (χ2v) is 5.81. The molecule has 0 spiro atoms. The highest BCUT2D eigenvalue weighted by atomic mass is 15.1. The topological polar surface area (TPSA) is 28.2 Å². The summed E-state index contributed by atoms with van der Waals surface area (Å²) in [6, 6.07) is 4.75. The van der Waals surface area contributed by atoms with Gasteiger partial charge in [0, 0.05) is 19.6 Å². The molecule has 1 fully saturated rings. The van der Waals surface area contributed by atoms with E-state index in [-0.39, 0.29) is 0 Å². The van der Waals surface area contributed by atoms with Crippen molar-refractivity contribution in [3.63, 3.8) is 0 Å². The van der Waals surface area contributed by atoms with E-state index in [1.54, 1.807) is 0 Å². The third-order valence-corrected chi connectivity index (χ3v) is 4.21. The molecule has 19 heavy (non-hydrogen) atoms. The van der Waals surface area contributed by atoms with E-state index >= 15 is 0 Å². The molecule has 0 amide bonds. The van der Waals surface area contributed by atoms with Gasteiger partial charge in [0.1, 0.15) is 0 Å². The van der Waals surface area contributed by atoms with Crippen molar-refractivity contribution in [3.05, 3.63) is 24.0 Å². The predicted octanol–water partition coefficient (Wildman–Crippen LogP) is 3.23. The molecule has 3 unspecified atom stereocenters. The van der Waals surface area contributed by atoms with Crippen LogP contribution in [0.15, 0.2) is 18.3 Å². The number of anilines is 1. The van der Waals surface area contributed by atoms with Crippen molar-refractivity contribution < 1.29 is 0 Å². The Morgan fingerprint density at radius 2 is 2.16 bits per heavy atom. The van der Waals surface area contributed by atoms with Crippen LogP contribution in [-0.4, -0.2) is 25.1 Å². The quantitative estimate of drug-likeness (QED) is 0.816. The zero-order valence-electron chi connectivity index (χ0n) is 12.7. The highest BCUT2D eigenvalue weighted by Gasteiger charge is 2.33. The number of nitrogens with one attached hydrogen (secondary N) is 1. The highest BCUT2D eigenvalue weighted by molar-refractivity contribution is 5.44. The first-order chi connectivity index (χ1) is 9.15. The van der Waals surface area contributed by atoms with Crippen molar-refractivity contribution in [2.24, 2.45) is 11.8 Å². The van der Waals surface area contributed by atoms with Gasteiger partial charge in [-0.25, -0.2) is 0 Å². The summed E-state index contributed by atoms with van der Waals surface area (Å²) in [5, 5.41) is 3.47. The SMILES string of the molecule is CCNC(CC)c1ccc(N(C)CC2CC2C)cn1. The highest BCUT2D eigenvalue weighted by Crippen LogP contribution is 2.38. The van der Waals surface area contributed by atoms with Gasteiger partial charge in [-0.3, -0.25) is 4.98 Å². The number of hydrogen-bond acceptors (Lipinski definition) is 3. The smallest absolute Gasteiger partial charge is 0.0574 e. The van der Waals surface area contributed by atoms with E-state index < -0.39 is 0 Å².